The molecule has 2 atom stereocenters. The summed E-state index contributed by atoms with van der Waals surface area (Å²) >= 11 is 0. The number of nitrogens with one attached hydrogen (secondary N) is 2. The lowest BCUT2D eigenvalue weighted by molar-refractivity contribution is -0.136. The average molecular weight is 300 g/mol. The van der Waals surface area contributed by atoms with E-state index >= 15 is 0 Å². The Morgan fingerprint density at radius 2 is 1.76 bits per heavy atom. The van der Waals surface area contributed by atoms with Crippen molar-refractivity contribution in [1.82, 2.24) is 15.5 Å². The van der Waals surface area contributed by atoms with Crippen molar-refractivity contribution in [2.24, 2.45) is 17.6 Å². The Morgan fingerprint density at radius 1 is 1.24 bits per heavy atom. The predicted octanol–water partition coefficient (Wildman–Crippen LogP) is 0.178. The number of rotatable bonds is 9. The number of carbonyl (C=O) groups is 2. The highest BCUT2D eigenvalue weighted by Crippen LogP contribution is 2.18. The molecule has 0 aromatic rings. The van der Waals surface area contributed by atoms with Crippen LogP contribution >= 0.6 is 0 Å². The first-order valence-electron chi connectivity index (χ1n) is 7.54. The van der Waals surface area contributed by atoms with E-state index in [0.29, 0.717) is 0 Å². The lowest BCUT2D eigenvalue weighted by atomic mass is 9.86. The van der Waals surface area contributed by atoms with Crippen LogP contribution in [0.3, 0.4) is 0 Å². The van der Waals surface area contributed by atoms with Gasteiger partial charge in [0.05, 0.1) is 6.04 Å². The zero-order valence-corrected chi connectivity index (χ0v) is 14.5. The van der Waals surface area contributed by atoms with E-state index in [1.165, 1.54) is 0 Å². The minimum atomic E-state index is -1.03. The highest BCUT2D eigenvalue weighted by atomic mass is 16.2. The lowest BCUT2D eigenvalue weighted by Gasteiger charge is -2.36. The first-order chi connectivity index (χ1) is 9.57. The molecule has 0 aromatic heterocycles. The maximum atomic E-state index is 12.6. The van der Waals surface area contributed by atoms with Gasteiger partial charge in [0.1, 0.15) is 5.54 Å². The van der Waals surface area contributed by atoms with E-state index in [4.69, 9.17) is 5.73 Å². The van der Waals surface area contributed by atoms with E-state index in [-0.39, 0.29) is 23.8 Å². The van der Waals surface area contributed by atoms with E-state index in [9.17, 15) is 9.59 Å². The molecular weight excluding hydrogens is 268 g/mol. The molecule has 0 saturated carbocycles. The van der Waals surface area contributed by atoms with Gasteiger partial charge in [-0.15, -0.1) is 0 Å². The first kappa shape index (κ1) is 19.9. The molecule has 0 aliphatic carbocycles. The van der Waals surface area contributed by atoms with Crippen LogP contribution < -0.4 is 16.4 Å². The molecule has 0 aliphatic rings. The maximum Gasteiger partial charge on any atom is 0.243 e. The SMILES string of the molecule is CNCCN(C)[C@H](C(=O)NC(C)(C(N)=O)C(C)C)C(C)C. The molecule has 0 aromatic carbocycles. The highest BCUT2D eigenvalue weighted by Gasteiger charge is 2.39. The topological polar surface area (TPSA) is 87.5 Å². The Labute approximate surface area is 128 Å². The number of nitrogens with zero attached hydrogens (tertiary/aromatic N) is 1. The van der Waals surface area contributed by atoms with Gasteiger partial charge in [-0.25, -0.2) is 0 Å². The minimum Gasteiger partial charge on any atom is -0.368 e. The summed E-state index contributed by atoms with van der Waals surface area (Å²) in [6.45, 7) is 11.0. The molecule has 0 spiro atoms. The molecule has 6 nitrogen and oxygen atoms in total. The number of hydrogen-bond donors (Lipinski definition) is 3. The van der Waals surface area contributed by atoms with Crippen LogP contribution in [0.5, 0.6) is 0 Å². The normalized spacial score (nSPS) is 16.1. The quantitative estimate of drug-likeness (QED) is 0.567. The third-order valence-electron chi connectivity index (χ3n) is 4.14. The van der Waals surface area contributed by atoms with Crippen molar-refractivity contribution in [3.05, 3.63) is 0 Å². The summed E-state index contributed by atoms with van der Waals surface area (Å²) in [6.07, 6.45) is 0. The molecule has 0 rings (SSSR count). The van der Waals surface area contributed by atoms with Crippen molar-refractivity contribution < 1.29 is 9.59 Å². The van der Waals surface area contributed by atoms with Crippen molar-refractivity contribution in [1.29, 1.82) is 0 Å². The maximum absolute atomic E-state index is 12.6. The smallest absolute Gasteiger partial charge is 0.243 e. The molecule has 0 fully saturated rings. The van der Waals surface area contributed by atoms with Gasteiger partial charge in [0.15, 0.2) is 0 Å². The predicted molar refractivity (Wildman–Crippen MR) is 85.8 cm³/mol. The van der Waals surface area contributed by atoms with E-state index in [1.54, 1.807) is 6.92 Å². The Bertz CT molecular complexity index is 358. The molecule has 0 aliphatic heterocycles. The molecule has 2 amide bonds. The molecule has 0 saturated heterocycles. The summed E-state index contributed by atoms with van der Waals surface area (Å²) in [7, 11) is 3.79. The first-order valence-corrected chi connectivity index (χ1v) is 7.54. The number of hydrogen-bond acceptors (Lipinski definition) is 4. The van der Waals surface area contributed by atoms with Crippen molar-refractivity contribution in [2.75, 3.05) is 27.2 Å². The third kappa shape index (κ3) is 5.28. The zero-order valence-electron chi connectivity index (χ0n) is 14.5. The summed E-state index contributed by atoms with van der Waals surface area (Å²) in [6, 6.07) is -0.296. The fourth-order valence-electron chi connectivity index (χ4n) is 2.26. The van der Waals surface area contributed by atoms with Gasteiger partial charge in [-0.1, -0.05) is 27.7 Å². The summed E-state index contributed by atoms with van der Waals surface area (Å²) in [4.78, 5) is 26.3. The second-order valence-electron chi connectivity index (χ2n) is 6.48. The van der Waals surface area contributed by atoms with Gasteiger partial charge < -0.3 is 16.4 Å². The number of amides is 2. The number of primary amides is 1. The molecule has 0 heterocycles. The molecule has 1 unspecified atom stereocenters. The summed E-state index contributed by atoms with van der Waals surface area (Å²) in [5.41, 5.74) is 4.44. The molecule has 4 N–H and O–H groups in total. The average Bonchev–Trinajstić information content (AvgIpc) is 2.35. The van der Waals surface area contributed by atoms with Crippen LogP contribution in [0.25, 0.3) is 0 Å². The fraction of sp³-hybridized carbons (Fsp3) is 0.867. The van der Waals surface area contributed by atoms with Gasteiger partial charge >= 0.3 is 0 Å². The van der Waals surface area contributed by atoms with E-state index < -0.39 is 11.4 Å². The second kappa shape index (κ2) is 8.34. The Balaban J connectivity index is 5.10. The molecular formula is C15H32N4O2. The van der Waals surface area contributed by atoms with Gasteiger partial charge in [0.2, 0.25) is 11.8 Å². The Kier molecular flexibility index (Phi) is 7.89. The van der Waals surface area contributed by atoms with Crippen LogP contribution in [0.1, 0.15) is 34.6 Å². The van der Waals surface area contributed by atoms with Crippen LogP contribution in [0, 0.1) is 11.8 Å². The van der Waals surface area contributed by atoms with Crippen LogP contribution in [-0.4, -0.2) is 55.5 Å². The lowest BCUT2D eigenvalue weighted by Crippen LogP contribution is -2.63. The number of carbonyl (C=O) groups excluding carboxylic acids is 2. The van der Waals surface area contributed by atoms with Crippen LogP contribution in [0.2, 0.25) is 0 Å². The Hall–Kier alpha value is -1.14. The standard InChI is InChI=1S/C15H32N4O2/c1-10(2)12(19(7)9-8-17-6)13(20)18-15(5,11(3)4)14(16)21/h10-12,17H,8-9H2,1-7H3,(H2,16,21)(H,18,20)/t12-,15?/m0/s1. The van der Waals surface area contributed by atoms with Gasteiger partial charge in [-0.2, -0.15) is 0 Å². The van der Waals surface area contributed by atoms with E-state index in [2.05, 4.69) is 10.6 Å². The molecule has 124 valence electrons. The summed E-state index contributed by atoms with van der Waals surface area (Å²) in [5, 5.41) is 5.92. The largest absolute Gasteiger partial charge is 0.368 e. The van der Waals surface area contributed by atoms with Crippen molar-refractivity contribution in [2.45, 2.75) is 46.2 Å². The van der Waals surface area contributed by atoms with Crippen molar-refractivity contribution >= 4 is 11.8 Å². The molecule has 0 bridgehead atoms. The van der Waals surface area contributed by atoms with Crippen LogP contribution in [0.15, 0.2) is 0 Å². The fourth-order valence-corrected chi connectivity index (χ4v) is 2.26. The minimum absolute atomic E-state index is 0.0747. The molecule has 0 radical (unpaired) electrons. The number of nitrogens with two attached hydrogens (primary N) is 1. The molecule has 21 heavy (non-hydrogen) atoms. The Morgan fingerprint density at radius 3 is 2.10 bits per heavy atom. The van der Waals surface area contributed by atoms with E-state index in [1.807, 2.05) is 46.7 Å². The number of likely N-dealkylation sites (N-methyl/N-ethyl adjacent to an activating group) is 2. The molecule has 6 heteroatoms. The van der Waals surface area contributed by atoms with E-state index in [0.717, 1.165) is 13.1 Å². The zero-order chi connectivity index (χ0) is 16.8. The van der Waals surface area contributed by atoms with Crippen molar-refractivity contribution in [3.63, 3.8) is 0 Å². The van der Waals surface area contributed by atoms with Gasteiger partial charge in [-0.3, -0.25) is 14.5 Å². The van der Waals surface area contributed by atoms with Crippen LogP contribution in [0.4, 0.5) is 0 Å². The monoisotopic (exact) mass is 300 g/mol. The van der Waals surface area contributed by atoms with Gasteiger partial charge in [-0.05, 0) is 32.9 Å². The highest BCUT2D eigenvalue weighted by molar-refractivity contribution is 5.92. The van der Waals surface area contributed by atoms with Crippen LogP contribution in [-0.2, 0) is 9.59 Å². The van der Waals surface area contributed by atoms with Crippen molar-refractivity contribution in [3.8, 4) is 0 Å². The second-order valence-corrected chi connectivity index (χ2v) is 6.48. The third-order valence-corrected chi connectivity index (χ3v) is 4.14. The van der Waals surface area contributed by atoms with Gasteiger partial charge in [0, 0.05) is 13.1 Å². The summed E-state index contributed by atoms with van der Waals surface area (Å²) < 4.78 is 0. The van der Waals surface area contributed by atoms with Gasteiger partial charge in [0.25, 0.3) is 0 Å². The summed E-state index contributed by atoms with van der Waals surface area (Å²) in [5.74, 6) is -0.602.